The van der Waals surface area contributed by atoms with Gasteiger partial charge < -0.3 is 15.1 Å². The molecule has 33 heavy (non-hydrogen) atoms. The fourth-order valence-electron chi connectivity index (χ4n) is 4.57. The summed E-state index contributed by atoms with van der Waals surface area (Å²) in [6, 6.07) is 8.52. The van der Waals surface area contributed by atoms with Crippen LogP contribution in [0.25, 0.3) is 0 Å². The lowest BCUT2D eigenvalue weighted by Gasteiger charge is -2.36. The highest BCUT2D eigenvalue weighted by molar-refractivity contribution is 5.93. The van der Waals surface area contributed by atoms with Gasteiger partial charge in [-0.3, -0.25) is 19.7 Å². The summed E-state index contributed by atoms with van der Waals surface area (Å²) < 4.78 is 0. The van der Waals surface area contributed by atoms with E-state index < -0.39 is 0 Å². The Balaban J connectivity index is 1.24. The molecule has 2 aliphatic heterocycles. The van der Waals surface area contributed by atoms with Crippen LogP contribution in [0.3, 0.4) is 0 Å². The molecule has 2 aliphatic rings. The van der Waals surface area contributed by atoms with Crippen molar-refractivity contribution in [3.8, 4) is 0 Å². The normalized spacial score (nSPS) is 19.1. The van der Waals surface area contributed by atoms with Gasteiger partial charge in [-0.25, -0.2) is 0 Å². The molecular formula is C26H38N6O. The van der Waals surface area contributed by atoms with Crippen LogP contribution in [0.4, 0.5) is 11.4 Å². The Morgan fingerprint density at radius 3 is 2.24 bits per heavy atom. The van der Waals surface area contributed by atoms with Crippen LogP contribution in [0.1, 0.15) is 56.8 Å². The number of amides is 1. The molecule has 2 aromatic rings. The second-order valence-corrected chi connectivity index (χ2v) is 9.60. The number of aromatic nitrogens is 2. The van der Waals surface area contributed by atoms with Crippen LogP contribution >= 0.6 is 0 Å². The monoisotopic (exact) mass is 450 g/mol. The van der Waals surface area contributed by atoms with E-state index in [2.05, 4.69) is 65.1 Å². The summed E-state index contributed by atoms with van der Waals surface area (Å²) in [6.07, 6.45) is 5.53. The molecule has 0 aromatic carbocycles. The highest BCUT2D eigenvalue weighted by Crippen LogP contribution is 2.23. The molecule has 0 saturated carbocycles. The third kappa shape index (κ3) is 6.09. The van der Waals surface area contributed by atoms with Gasteiger partial charge in [-0.1, -0.05) is 20.8 Å². The molecule has 0 spiro atoms. The lowest BCUT2D eigenvalue weighted by Crippen LogP contribution is -2.46. The van der Waals surface area contributed by atoms with Crippen LogP contribution < -0.4 is 15.1 Å². The van der Waals surface area contributed by atoms with Crippen molar-refractivity contribution in [2.75, 3.05) is 62.2 Å². The predicted octanol–water partition coefficient (Wildman–Crippen LogP) is 3.24. The van der Waals surface area contributed by atoms with Crippen LogP contribution in [0, 0.1) is 0 Å². The highest BCUT2D eigenvalue weighted by atomic mass is 16.2. The van der Waals surface area contributed by atoms with Crippen molar-refractivity contribution in [3.63, 3.8) is 0 Å². The average Bonchev–Trinajstić information content (AvgIpc) is 3.07. The maximum absolute atomic E-state index is 12.3. The molecule has 1 N–H and O–H groups in total. The molecule has 1 atom stereocenters. The Bertz CT molecular complexity index is 890. The van der Waals surface area contributed by atoms with Crippen LogP contribution in [-0.2, 0) is 4.79 Å². The van der Waals surface area contributed by atoms with E-state index in [-0.39, 0.29) is 5.91 Å². The summed E-state index contributed by atoms with van der Waals surface area (Å²) in [5.41, 5.74) is 4.40. The van der Waals surface area contributed by atoms with E-state index >= 15 is 0 Å². The summed E-state index contributed by atoms with van der Waals surface area (Å²) in [5.74, 6) is 1.04. The Labute approximate surface area is 198 Å². The fraction of sp³-hybridized carbons (Fsp3) is 0.577. The Kier molecular flexibility index (Phi) is 7.93. The molecule has 178 valence electrons. The topological polar surface area (TPSA) is 64.6 Å². The number of hydrogen-bond acceptors (Lipinski definition) is 6. The third-order valence-electron chi connectivity index (χ3n) is 6.89. The van der Waals surface area contributed by atoms with Crippen molar-refractivity contribution in [1.29, 1.82) is 0 Å². The van der Waals surface area contributed by atoms with E-state index in [9.17, 15) is 4.79 Å². The molecule has 4 rings (SSSR count). The van der Waals surface area contributed by atoms with Crippen molar-refractivity contribution >= 4 is 17.3 Å². The second-order valence-electron chi connectivity index (χ2n) is 9.60. The summed E-state index contributed by atoms with van der Waals surface area (Å²) in [5, 5.41) is 3.28. The molecule has 0 aliphatic carbocycles. The number of nitrogens with zero attached hydrogens (tertiary/aromatic N) is 5. The number of carbonyl (C=O) groups excluding carboxylic acids is 1. The summed E-state index contributed by atoms with van der Waals surface area (Å²) in [6.45, 7) is 14.2. The van der Waals surface area contributed by atoms with Crippen molar-refractivity contribution < 1.29 is 4.79 Å². The number of anilines is 2. The van der Waals surface area contributed by atoms with Crippen LogP contribution in [0.2, 0.25) is 0 Å². The molecule has 2 fully saturated rings. The number of hydrogen-bond donors (Lipinski definition) is 1. The minimum atomic E-state index is 0.174. The number of nitrogens with one attached hydrogen (secondary N) is 1. The number of piperazine rings is 1. The van der Waals surface area contributed by atoms with E-state index in [0.29, 0.717) is 24.8 Å². The van der Waals surface area contributed by atoms with Gasteiger partial charge in [0.05, 0.1) is 23.8 Å². The predicted molar refractivity (Wildman–Crippen MR) is 134 cm³/mol. The first-order chi connectivity index (χ1) is 16.0. The minimum absolute atomic E-state index is 0.174. The molecule has 7 nitrogen and oxygen atoms in total. The van der Waals surface area contributed by atoms with Gasteiger partial charge in [-0.15, -0.1) is 0 Å². The molecule has 4 heterocycles. The van der Waals surface area contributed by atoms with Crippen LogP contribution in [-0.4, -0.2) is 73.1 Å². The molecule has 1 unspecified atom stereocenters. The molecule has 7 heteroatoms. The lowest BCUT2D eigenvalue weighted by molar-refractivity contribution is -0.118. The van der Waals surface area contributed by atoms with Gasteiger partial charge in [0, 0.05) is 63.6 Å². The van der Waals surface area contributed by atoms with Gasteiger partial charge in [-0.2, -0.15) is 0 Å². The number of carbonyl (C=O) groups is 1. The van der Waals surface area contributed by atoms with E-state index in [1.54, 1.807) is 0 Å². The highest BCUT2D eigenvalue weighted by Gasteiger charge is 2.20. The van der Waals surface area contributed by atoms with Gasteiger partial charge in [-0.05, 0) is 49.1 Å². The number of rotatable bonds is 7. The standard InChI is InChI=1S/C26H38N6O/c1-20(2)24-6-4-22(18-28-24)31-16-14-30(15-17-31)12-9-21(3)25-7-5-23(19-29-25)32-13-11-27-10-8-26(32)33/h4-7,18-21,27H,8-17H2,1-3H3. The van der Waals surface area contributed by atoms with Crippen molar-refractivity contribution in [3.05, 3.63) is 48.0 Å². The van der Waals surface area contributed by atoms with Gasteiger partial charge in [0.1, 0.15) is 0 Å². The SMILES string of the molecule is CC(C)c1ccc(N2CCN(CCC(C)c3ccc(N4CCNCCC4=O)cn3)CC2)cn1. The minimum Gasteiger partial charge on any atom is -0.368 e. The van der Waals surface area contributed by atoms with Crippen LogP contribution in [0.15, 0.2) is 36.7 Å². The van der Waals surface area contributed by atoms with Gasteiger partial charge in [0.2, 0.25) is 5.91 Å². The van der Waals surface area contributed by atoms with E-state index in [4.69, 9.17) is 4.98 Å². The zero-order chi connectivity index (χ0) is 23.2. The Morgan fingerprint density at radius 2 is 1.58 bits per heavy atom. The number of pyridine rings is 2. The van der Waals surface area contributed by atoms with E-state index in [1.807, 2.05) is 17.3 Å². The van der Waals surface area contributed by atoms with Gasteiger partial charge in [0.15, 0.2) is 0 Å². The van der Waals surface area contributed by atoms with E-state index in [0.717, 1.165) is 69.3 Å². The summed E-state index contributed by atoms with van der Waals surface area (Å²) in [4.78, 5) is 28.5. The van der Waals surface area contributed by atoms with Crippen molar-refractivity contribution in [1.82, 2.24) is 20.2 Å². The molecule has 2 saturated heterocycles. The smallest absolute Gasteiger partial charge is 0.228 e. The average molecular weight is 451 g/mol. The zero-order valence-electron chi connectivity index (χ0n) is 20.3. The first-order valence-corrected chi connectivity index (χ1v) is 12.4. The van der Waals surface area contributed by atoms with Crippen molar-refractivity contribution in [2.45, 2.75) is 45.4 Å². The van der Waals surface area contributed by atoms with Gasteiger partial charge in [0.25, 0.3) is 0 Å². The van der Waals surface area contributed by atoms with Crippen molar-refractivity contribution in [2.24, 2.45) is 0 Å². The Hall–Kier alpha value is -2.51. The van der Waals surface area contributed by atoms with E-state index in [1.165, 1.54) is 5.69 Å². The largest absolute Gasteiger partial charge is 0.368 e. The molecule has 2 aromatic heterocycles. The maximum atomic E-state index is 12.3. The maximum Gasteiger partial charge on any atom is 0.228 e. The Morgan fingerprint density at radius 1 is 0.879 bits per heavy atom. The molecule has 0 radical (unpaired) electrons. The molecular weight excluding hydrogens is 412 g/mol. The first-order valence-electron chi connectivity index (χ1n) is 12.4. The zero-order valence-corrected chi connectivity index (χ0v) is 20.3. The summed E-state index contributed by atoms with van der Waals surface area (Å²) in [7, 11) is 0. The quantitative estimate of drug-likeness (QED) is 0.699. The molecule has 0 bridgehead atoms. The summed E-state index contributed by atoms with van der Waals surface area (Å²) >= 11 is 0. The second kappa shape index (κ2) is 11.1. The first kappa shape index (κ1) is 23.6. The molecule has 1 amide bonds. The fourth-order valence-corrected chi connectivity index (χ4v) is 4.57. The third-order valence-corrected chi connectivity index (χ3v) is 6.89. The van der Waals surface area contributed by atoms with Crippen LogP contribution in [0.5, 0.6) is 0 Å². The van der Waals surface area contributed by atoms with Gasteiger partial charge >= 0.3 is 0 Å². The lowest BCUT2D eigenvalue weighted by atomic mass is 10.0.